The van der Waals surface area contributed by atoms with Crippen LogP contribution in [0.15, 0.2) is 97.2 Å². The van der Waals surface area contributed by atoms with Crippen molar-refractivity contribution in [2.75, 3.05) is 13.2 Å². The minimum absolute atomic E-state index is 0.0725. The molecule has 0 amide bonds. The number of ether oxygens (including phenoxy) is 3. The van der Waals surface area contributed by atoms with Crippen molar-refractivity contribution >= 4 is 17.9 Å². The first kappa shape index (κ1) is 77.3. The Balaban J connectivity index is 4.16. The molecular weight excluding hydrogens is 997 g/mol. The zero-order valence-corrected chi connectivity index (χ0v) is 53.5. The van der Waals surface area contributed by atoms with Gasteiger partial charge in [0.15, 0.2) is 6.10 Å². The molecule has 0 aromatic heterocycles. The number of allylic oxidation sites excluding steroid dienone is 16. The normalized spacial score (nSPS) is 12.7. The highest BCUT2D eigenvalue weighted by Crippen LogP contribution is 2.17. The van der Waals surface area contributed by atoms with Gasteiger partial charge in [0.2, 0.25) is 0 Å². The standard InChI is InChI=1S/C75H130O6/c1-4-7-10-13-16-19-22-24-26-28-30-31-32-33-34-35-36-37-38-39-40-41-42-43-44-45-46-48-49-51-53-56-59-62-65-68-74(77)80-71-72(70-79-73(76)67-64-61-58-55-21-18-15-12-9-6-3)81-75(78)69-66-63-60-57-54-52-50-47-29-27-25-23-20-17-14-11-8-5-2/h7,10,16,19,24,26,30-31,33-34,36-37,39-40,42-43,72H,4-6,8-9,11-15,17-18,20-23,25,27-29,32,35,38,41,44-71H2,1-3H3/b10-7-,19-16-,26-24-,31-30-,34-33-,37-36-,40-39-,43-42-. The van der Waals surface area contributed by atoms with Crippen LogP contribution in [0, 0.1) is 0 Å². The van der Waals surface area contributed by atoms with Crippen molar-refractivity contribution in [3.63, 3.8) is 0 Å². The van der Waals surface area contributed by atoms with E-state index in [1.165, 1.54) is 193 Å². The summed E-state index contributed by atoms with van der Waals surface area (Å²) in [6, 6.07) is 0. The topological polar surface area (TPSA) is 78.9 Å². The van der Waals surface area contributed by atoms with Gasteiger partial charge in [0, 0.05) is 19.3 Å². The third kappa shape index (κ3) is 67.0. The predicted octanol–water partition coefficient (Wildman–Crippen LogP) is 24.0. The highest BCUT2D eigenvalue weighted by molar-refractivity contribution is 5.71. The quantitative estimate of drug-likeness (QED) is 0.0261. The Morgan fingerprint density at radius 2 is 0.481 bits per heavy atom. The summed E-state index contributed by atoms with van der Waals surface area (Å²) in [6.45, 7) is 6.55. The summed E-state index contributed by atoms with van der Waals surface area (Å²) < 4.78 is 16.9. The van der Waals surface area contributed by atoms with Crippen LogP contribution in [0.4, 0.5) is 0 Å². The lowest BCUT2D eigenvalue weighted by atomic mass is 10.0. The first-order valence-electron chi connectivity index (χ1n) is 34.7. The fourth-order valence-electron chi connectivity index (χ4n) is 9.93. The first-order valence-corrected chi connectivity index (χ1v) is 34.7. The van der Waals surface area contributed by atoms with Crippen LogP contribution in [0.3, 0.4) is 0 Å². The monoisotopic (exact) mass is 1130 g/mol. The second-order valence-electron chi connectivity index (χ2n) is 23.1. The van der Waals surface area contributed by atoms with Crippen LogP contribution >= 0.6 is 0 Å². The van der Waals surface area contributed by atoms with E-state index in [0.29, 0.717) is 19.3 Å². The molecule has 6 heteroatoms. The van der Waals surface area contributed by atoms with E-state index in [2.05, 4.69) is 118 Å². The van der Waals surface area contributed by atoms with Crippen molar-refractivity contribution in [2.24, 2.45) is 0 Å². The molecule has 0 aliphatic carbocycles. The summed E-state index contributed by atoms with van der Waals surface area (Å²) in [7, 11) is 0. The summed E-state index contributed by atoms with van der Waals surface area (Å²) in [5.41, 5.74) is 0. The van der Waals surface area contributed by atoms with Gasteiger partial charge in [0.1, 0.15) is 13.2 Å². The molecule has 1 atom stereocenters. The van der Waals surface area contributed by atoms with Crippen LogP contribution in [0.1, 0.15) is 342 Å². The van der Waals surface area contributed by atoms with Crippen molar-refractivity contribution in [1.29, 1.82) is 0 Å². The molecule has 0 rings (SSSR count). The Labute approximate surface area is 502 Å². The molecule has 6 nitrogen and oxygen atoms in total. The predicted molar refractivity (Wildman–Crippen MR) is 353 cm³/mol. The number of carbonyl (C=O) groups is 3. The lowest BCUT2D eigenvalue weighted by Crippen LogP contribution is -2.30. The third-order valence-corrected chi connectivity index (χ3v) is 15.1. The second kappa shape index (κ2) is 68.8. The SMILES string of the molecule is CC/C=C\C/C=C\C/C=C\C/C=C\C/C=C\C/C=C\C/C=C\C/C=C\CCCCCCCCCCCCC(=O)OCC(COC(=O)CCCCCCCCCCCC)OC(=O)CCCCCCCCCCCCCCCCCCCC. The molecule has 0 fully saturated rings. The summed E-state index contributed by atoms with van der Waals surface area (Å²) in [4.78, 5) is 38.3. The fourth-order valence-corrected chi connectivity index (χ4v) is 9.93. The van der Waals surface area contributed by atoms with E-state index in [0.717, 1.165) is 109 Å². The van der Waals surface area contributed by atoms with Crippen LogP contribution in [0.5, 0.6) is 0 Å². The van der Waals surface area contributed by atoms with Crippen molar-refractivity contribution in [1.82, 2.24) is 0 Å². The molecule has 0 heterocycles. The van der Waals surface area contributed by atoms with Gasteiger partial charge in [0.25, 0.3) is 0 Å². The highest BCUT2D eigenvalue weighted by Gasteiger charge is 2.19. The van der Waals surface area contributed by atoms with Crippen molar-refractivity contribution < 1.29 is 28.6 Å². The molecule has 0 radical (unpaired) electrons. The summed E-state index contributed by atoms with van der Waals surface area (Å²) in [5.74, 6) is -0.861. The van der Waals surface area contributed by atoms with Gasteiger partial charge in [-0.2, -0.15) is 0 Å². The smallest absolute Gasteiger partial charge is 0.306 e. The molecule has 0 aromatic carbocycles. The Morgan fingerprint density at radius 3 is 0.753 bits per heavy atom. The van der Waals surface area contributed by atoms with Crippen molar-refractivity contribution in [2.45, 2.75) is 348 Å². The molecule has 0 bridgehead atoms. The number of hydrogen-bond donors (Lipinski definition) is 0. The second-order valence-corrected chi connectivity index (χ2v) is 23.1. The highest BCUT2D eigenvalue weighted by atomic mass is 16.6. The average Bonchev–Trinajstić information content (AvgIpc) is 3.47. The lowest BCUT2D eigenvalue weighted by Gasteiger charge is -2.18. The average molecular weight is 1130 g/mol. The van der Waals surface area contributed by atoms with E-state index < -0.39 is 6.10 Å². The summed E-state index contributed by atoms with van der Waals surface area (Å²) in [6.07, 6.45) is 92.9. The molecule has 0 aliphatic heterocycles. The molecule has 1 unspecified atom stereocenters. The van der Waals surface area contributed by atoms with Gasteiger partial charge in [-0.25, -0.2) is 0 Å². The van der Waals surface area contributed by atoms with Gasteiger partial charge in [-0.3, -0.25) is 14.4 Å². The maximum absolute atomic E-state index is 12.9. The number of carbonyl (C=O) groups excluding carboxylic acids is 3. The summed E-state index contributed by atoms with van der Waals surface area (Å²) in [5, 5.41) is 0. The van der Waals surface area contributed by atoms with E-state index in [4.69, 9.17) is 14.2 Å². The van der Waals surface area contributed by atoms with Crippen LogP contribution < -0.4 is 0 Å². The van der Waals surface area contributed by atoms with Crippen LogP contribution in [-0.4, -0.2) is 37.2 Å². The lowest BCUT2D eigenvalue weighted by molar-refractivity contribution is -0.167. The molecule has 466 valence electrons. The molecule has 0 N–H and O–H groups in total. The zero-order chi connectivity index (χ0) is 58.5. The van der Waals surface area contributed by atoms with Crippen LogP contribution in [-0.2, 0) is 28.6 Å². The largest absolute Gasteiger partial charge is 0.462 e. The fraction of sp³-hybridized carbons (Fsp3) is 0.747. The van der Waals surface area contributed by atoms with Gasteiger partial charge in [-0.15, -0.1) is 0 Å². The van der Waals surface area contributed by atoms with Crippen molar-refractivity contribution in [3.05, 3.63) is 97.2 Å². The van der Waals surface area contributed by atoms with E-state index in [-0.39, 0.29) is 31.1 Å². The maximum Gasteiger partial charge on any atom is 0.306 e. The maximum atomic E-state index is 12.9. The minimum atomic E-state index is -0.775. The minimum Gasteiger partial charge on any atom is -0.462 e. The van der Waals surface area contributed by atoms with E-state index >= 15 is 0 Å². The molecular formula is C75H130O6. The molecule has 0 aliphatic rings. The van der Waals surface area contributed by atoms with E-state index in [9.17, 15) is 14.4 Å². The van der Waals surface area contributed by atoms with Crippen molar-refractivity contribution in [3.8, 4) is 0 Å². The van der Waals surface area contributed by atoms with E-state index in [1.807, 2.05) is 0 Å². The Hall–Kier alpha value is -3.67. The van der Waals surface area contributed by atoms with Crippen LogP contribution in [0.25, 0.3) is 0 Å². The van der Waals surface area contributed by atoms with Gasteiger partial charge in [0.05, 0.1) is 0 Å². The van der Waals surface area contributed by atoms with Gasteiger partial charge < -0.3 is 14.2 Å². The zero-order valence-electron chi connectivity index (χ0n) is 53.5. The number of hydrogen-bond acceptors (Lipinski definition) is 6. The summed E-state index contributed by atoms with van der Waals surface area (Å²) >= 11 is 0. The third-order valence-electron chi connectivity index (χ3n) is 15.1. The molecule has 0 spiro atoms. The molecule has 0 saturated carbocycles. The molecule has 0 saturated heterocycles. The van der Waals surface area contributed by atoms with Gasteiger partial charge in [-0.05, 0) is 83.5 Å². The van der Waals surface area contributed by atoms with Gasteiger partial charge >= 0.3 is 17.9 Å². The number of rotatable bonds is 63. The number of unbranched alkanes of at least 4 members (excludes halogenated alkanes) is 36. The Bertz CT molecular complexity index is 1580. The van der Waals surface area contributed by atoms with Gasteiger partial charge in [-0.1, -0.05) is 336 Å². The Morgan fingerprint density at radius 1 is 0.259 bits per heavy atom. The van der Waals surface area contributed by atoms with E-state index in [1.54, 1.807) is 0 Å². The molecule has 0 aromatic rings. The molecule has 81 heavy (non-hydrogen) atoms. The van der Waals surface area contributed by atoms with Crippen LogP contribution in [0.2, 0.25) is 0 Å². The Kier molecular flexibility index (Phi) is 65.7. The number of esters is 3. The first-order chi connectivity index (χ1) is 40.0.